The van der Waals surface area contributed by atoms with Gasteiger partial charge in [-0.25, -0.2) is 0 Å². The predicted octanol–water partition coefficient (Wildman–Crippen LogP) is 7.16. The molecule has 0 amide bonds. The number of hydrogen-bond acceptors (Lipinski definition) is 6. The summed E-state index contributed by atoms with van der Waals surface area (Å²) in [6.45, 7) is 25.7. The number of benzene rings is 2. The van der Waals surface area contributed by atoms with Crippen molar-refractivity contribution in [1.29, 1.82) is 0 Å². The molecule has 1 radical (unpaired) electrons. The van der Waals surface area contributed by atoms with Crippen LogP contribution < -0.4 is 0 Å². The number of aliphatic imine (C=N–C) groups is 2. The molecular weight excluding hydrogens is 591 g/mol. The molecule has 4 N–H and O–H groups in total. The second-order valence-electron chi connectivity index (χ2n) is 14.5. The van der Waals surface area contributed by atoms with Gasteiger partial charge in [0.1, 0.15) is 17.9 Å². The topological polar surface area (TPSA) is 140 Å². The Bertz CT molecular complexity index is 1330. The first-order valence-electron chi connectivity index (χ1n) is 14.1. The third-order valence-electron chi connectivity index (χ3n) is 6.47. The Balaban J connectivity index is 0.00000196. The van der Waals surface area contributed by atoms with Crippen molar-refractivity contribution in [1.82, 2.24) is 0 Å². The Hall–Kier alpha value is -3.17. The Labute approximate surface area is 267 Å². The predicted molar refractivity (Wildman–Crippen MR) is 171 cm³/mol. The molecule has 0 spiro atoms. The van der Waals surface area contributed by atoms with Crippen molar-refractivity contribution in [3.05, 3.63) is 57.6 Å². The summed E-state index contributed by atoms with van der Waals surface area (Å²) in [4.78, 5) is 28.3. The van der Waals surface area contributed by atoms with Gasteiger partial charge in [-0.1, -0.05) is 74.4 Å². The van der Waals surface area contributed by atoms with E-state index in [9.17, 15) is 19.8 Å². The number of carbonyl (C=O) groups is 2. The van der Waals surface area contributed by atoms with E-state index in [4.69, 9.17) is 15.2 Å². The van der Waals surface area contributed by atoms with Crippen molar-refractivity contribution in [2.45, 2.75) is 111 Å². The van der Waals surface area contributed by atoms with Gasteiger partial charge in [-0.3, -0.25) is 19.6 Å². The fraction of sp³-hybridized carbons (Fsp3) is 0.529. The van der Waals surface area contributed by atoms with Crippen LogP contribution >= 0.6 is 0 Å². The molecule has 0 aromatic heterocycles. The number of aryl methyl sites for hydroxylation is 1. The van der Waals surface area contributed by atoms with Crippen molar-refractivity contribution < 1.29 is 46.8 Å². The van der Waals surface area contributed by atoms with Crippen LogP contribution in [-0.4, -0.2) is 56.9 Å². The van der Waals surface area contributed by atoms with Crippen LogP contribution in [0.3, 0.4) is 0 Å². The maximum Gasteiger partial charge on any atom is 0.314 e. The first-order chi connectivity index (χ1) is 18.8. The Kier molecular flexibility index (Phi) is 13.9. The summed E-state index contributed by atoms with van der Waals surface area (Å²) in [6, 6.07) is 8.13. The molecule has 0 aliphatic carbocycles. The number of nitrogens with zero attached hydrogens (tertiary/aromatic N) is 2. The normalized spacial score (nSPS) is 12.6. The van der Waals surface area contributed by atoms with Gasteiger partial charge in [0.05, 0.1) is 12.1 Å². The van der Waals surface area contributed by atoms with E-state index in [1.807, 2.05) is 39.0 Å². The summed E-state index contributed by atoms with van der Waals surface area (Å²) in [5.41, 5.74) is 4.69. The number of phenols is 2. The molecule has 0 saturated carbocycles. The van der Waals surface area contributed by atoms with Gasteiger partial charge in [-0.2, -0.15) is 0 Å². The molecular formula is C34H50CoN2O6. The van der Waals surface area contributed by atoms with Crippen LogP contribution in [0.1, 0.15) is 116 Å². The van der Waals surface area contributed by atoms with Crippen molar-refractivity contribution in [2.75, 3.05) is 6.54 Å². The van der Waals surface area contributed by atoms with Crippen LogP contribution in [0.25, 0.3) is 0 Å². The van der Waals surface area contributed by atoms with Crippen molar-refractivity contribution >= 4 is 24.4 Å². The molecule has 0 atom stereocenters. The molecule has 9 heteroatoms. The van der Waals surface area contributed by atoms with Crippen molar-refractivity contribution in [3.63, 3.8) is 0 Å². The van der Waals surface area contributed by atoms with Crippen LogP contribution in [0.2, 0.25) is 0 Å². The number of phenolic OH excluding ortho intramolecular Hbond substituents is 2. The van der Waals surface area contributed by atoms with Crippen molar-refractivity contribution in [3.8, 4) is 11.5 Å². The fourth-order valence-corrected chi connectivity index (χ4v) is 4.02. The number of aliphatic carboxylic acids is 2. The second kappa shape index (κ2) is 15.0. The summed E-state index contributed by atoms with van der Waals surface area (Å²) < 4.78 is 0. The van der Waals surface area contributed by atoms with E-state index < -0.39 is 23.9 Å². The zero-order valence-corrected chi connectivity index (χ0v) is 28.8. The summed E-state index contributed by atoms with van der Waals surface area (Å²) in [7, 11) is 0. The Morgan fingerprint density at radius 3 is 1.53 bits per heavy atom. The number of carboxylic acids is 2. The standard InChI is InChI=1S/C31H46N2O2.C3H4O4.Co/c1-20-13-21(26(34)24(14-20)29(5,6)7)17-32-19-31(11,12)33-18-22-15-23(28(2,3)4)16-25(27(22)35)30(8,9)10;4-2(5)1-3(6)7;/h13-18,34-35H,19H2,1-12H3;1H2,(H,4,5)(H,6,7);. The van der Waals surface area contributed by atoms with E-state index >= 15 is 0 Å². The van der Waals surface area contributed by atoms with E-state index in [1.54, 1.807) is 12.4 Å². The summed E-state index contributed by atoms with van der Waals surface area (Å²) in [5.74, 6) is -2.06. The summed E-state index contributed by atoms with van der Waals surface area (Å²) in [6.07, 6.45) is 2.71. The number of rotatable bonds is 7. The van der Waals surface area contributed by atoms with E-state index in [0.29, 0.717) is 6.54 Å². The van der Waals surface area contributed by atoms with Gasteiger partial charge in [0, 0.05) is 51.5 Å². The third-order valence-corrected chi connectivity index (χ3v) is 6.47. The average molecular weight is 642 g/mol. The van der Waals surface area contributed by atoms with Gasteiger partial charge in [0.2, 0.25) is 0 Å². The number of carboxylic acid groups (broad SMARTS) is 2. The smallest absolute Gasteiger partial charge is 0.314 e. The summed E-state index contributed by atoms with van der Waals surface area (Å²) in [5, 5.41) is 37.2. The quantitative estimate of drug-likeness (QED) is 0.187. The van der Waals surface area contributed by atoms with Gasteiger partial charge in [-0.15, -0.1) is 0 Å². The molecule has 0 saturated heterocycles. The first-order valence-corrected chi connectivity index (χ1v) is 14.1. The minimum Gasteiger partial charge on any atom is -0.507 e. The molecule has 2 rings (SSSR count). The fourth-order valence-electron chi connectivity index (χ4n) is 4.02. The molecule has 8 nitrogen and oxygen atoms in total. The van der Waals surface area contributed by atoms with Gasteiger partial charge in [-0.05, 0) is 60.3 Å². The van der Waals surface area contributed by atoms with E-state index in [2.05, 4.69) is 73.4 Å². The second-order valence-corrected chi connectivity index (χ2v) is 14.5. The molecule has 2 aromatic carbocycles. The molecule has 0 aliphatic rings. The van der Waals surface area contributed by atoms with E-state index in [-0.39, 0.29) is 44.5 Å². The minimum absolute atomic E-state index is 0. The maximum atomic E-state index is 11.0. The molecule has 0 aliphatic heterocycles. The summed E-state index contributed by atoms with van der Waals surface area (Å²) >= 11 is 0. The van der Waals surface area contributed by atoms with Gasteiger partial charge in [0.15, 0.2) is 0 Å². The van der Waals surface area contributed by atoms with Crippen LogP contribution in [0.4, 0.5) is 0 Å². The van der Waals surface area contributed by atoms with Gasteiger partial charge >= 0.3 is 11.9 Å². The maximum absolute atomic E-state index is 11.0. The van der Waals surface area contributed by atoms with Crippen LogP contribution in [0, 0.1) is 6.92 Å². The molecule has 43 heavy (non-hydrogen) atoms. The Morgan fingerprint density at radius 2 is 1.14 bits per heavy atom. The van der Waals surface area contributed by atoms with E-state index in [0.717, 1.165) is 27.8 Å². The molecule has 0 heterocycles. The zero-order valence-electron chi connectivity index (χ0n) is 27.7. The van der Waals surface area contributed by atoms with Crippen LogP contribution in [0.5, 0.6) is 11.5 Å². The Morgan fingerprint density at radius 1 is 0.698 bits per heavy atom. The molecule has 0 bridgehead atoms. The van der Waals surface area contributed by atoms with E-state index in [1.165, 1.54) is 5.56 Å². The van der Waals surface area contributed by atoms with Gasteiger partial charge < -0.3 is 20.4 Å². The third kappa shape index (κ3) is 12.9. The van der Waals surface area contributed by atoms with Crippen LogP contribution in [-0.2, 0) is 42.6 Å². The number of hydrogen-bond donors (Lipinski definition) is 4. The van der Waals surface area contributed by atoms with Crippen LogP contribution in [0.15, 0.2) is 34.3 Å². The van der Waals surface area contributed by atoms with Crippen molar-refractivity contribution in [2.24, 2.45) is 9.98 Å². The molecule has 0 fully saturated rings. The zero-order chi connectivity index (χ0) is 32.8. The van der Waals surface area contributed by atoms with Gasteiger partial charge in [0.25, 0.3) is 0 Å². The first kappa shape index (κ1) is 39.8. The molecule has 0 unspecified atom stereocenters. The largest absolute Gasteiger partial charge is 0.507 e. The monoisotopic (exact) mass is 641 g/mol. The SMILES string of the molecule is Cc1cc(C=NCC(C)(C)N=Cc2cc(C(C)(C)C)cc(C(C)(C)C)c2O)c(O)c(C(C)(C)C)c1.O=C(O)CC(=O)O.[Co]. The molecule has 241 valence electrons. The molecule has 2 aromatic rings. The average Bonchev–Trinajstić information content (AvgIpc) is 2.77. The number of aromatic hydroxyl groups is 2. The minimum atomic E-state index is -1.31.